The van der Waals surface area contributed by atoms with Crippen LogP contribution in [0.1, 0.15) is 6.42 Å². The van der Waals surface area contributed by atoms with E-state index in [0.717, 1.165) is 21.1 Å². The van der Waals surface area contributed by atoms with Crippen molar-refractivity contribution in [1.29, 1.82) is 0 Å². The SMILES string of the molecule is O=C(NCCCOc1ccc(Br)cc1Cl)NCCN1C(=O)CSC1=O. The van der Waals surface area contributed by atoms with Crippen LogP contribution in [0.4, 0.5) is 9.59 Å². The van der Waals surface area contributed by atoms with E-state index in [1.165, 1.54) is 0 Å². The molecule has 4 amide bonds. The molecule has 10 heteroatoms. The monoisotopic (exact) mass is 449 g/mol. The molecule has 1 aromatic rings. The van der Waals surface area contributed by atoms with Crippen LogP contribution in [-0.2, 0) is 4.79 Å². The smallest absolute Gasteiger partial charge is 0.314 e. The van der Waals surface area contributed by atoms with Gasteiger partial charge in [0, 0.05) is 24.1 Å². The Morgan fingerprint density at radius 1 is 1.32 bits per heavy atom. The summed E-state index contributed by atoms with van der Waals surface area (Å²) in [7, 11) is 0. The number of carbonyl (C=O) groups is 3. The fourth-order valence-corrected chi connectivity index (χ4v) is 3.47. The van der Waals surface area contributed by atoms with E-state index in [1.807, 2.05) is 6.07 Å². The summed E-state index contributed by atoms with van der Waals surface area (Å²) in [6.07, 6.45) is 0.611. The number of nitrogens with one attached hydrogen (secondary N) is 2. The van der Waals surface area contributed by atoms with Gasteiger partial charge in [-0.05, 0) is 24.6 Å². The van der Waals surface area contributed by atoms with Crippen molar-refractivity contribution in [1.82, 2.24) is 15.5 Å². The van der Waals surface area contributed by atoms with Crippen LogP contribution >= 0.6 is 39.3 Å². The van der Waals surface area contributed by atoms with Gasteiger partial charge in [0.1, 0.15) is 5.75 Å². The second-order valence-corrected chi connectivity index (χ2v) is 7.31. The molecule has 0 spiro atoms. The Bertz CT molecular complexity index is 646. The van der Waals surface area contributed by atoms with Crippen LogP contribution in [0.5, 0.6) is 5.75 Å². The fourth-order valence-electron chi connectivity index (χ4n) is 1.99. The number of nitrogens with zero attached hydrogens (tertiary/aromatic N) is 1. The molecule has 1 heterocycles. The van der Waals surface area contributed by atoms with Crippen LogP contribution in [0.2, 0.25) is 5.02 Å². The lowest BCUT2D eigenvalue weighted by molar-refractivity contribution is -0.124. The Labute approximate surface area is 162 Å². The highest BCUT2D eigenvalue weighted by Gasteiger charge is 2.29. The van der Waals surface area contributed by atoms with Crippen LogP contribution in [0.3, 0.4) is 0 Å². The zero-order valence-corrected chi connectivity index (χ0v) is 16.4. The topological polar surface area (TPSA) is 87.7 Å². The second-order valence-electron chi connectivity index (χ2n) is 5.06. The number of benzene rings is 1. The number of amides is 4. The van der Waals surface area contributed by atoms with Crippen LogP contribution < -0.4 is 15.4 Å². The third-order valence-corrected chi connectivity index (χ3v) is 4.87. The number of imide groups is 1. The molecule has 1 aliphatic heterocycles. The minimum Gasteiger partial charge on any atom is -0.492 e. The summed E-state index contributed by atoms with van der Waals surface area (Å²) in [6, 6.07) is 5.00. The van der Waals surface area contributed by atoms with Gasteiger partial charge in [0.05, 0.1) is 17.4 Å². The maximum atomic E-state index is 11.6. The molecule has 0 unspecified atom stereocenters. The Morgan fingerprint density at radius 2 is 2.08 bits per heavy atom. The van der Waals surface area contributed by atoms with Crippen LogP contribution in [-0.4, -0.2) is 54.1 Å². The van der Waals surface area contributed by atoms with Crippen LogP contribution in [0, 0.1) is 0 Å². The average Bonchev–Trinajstić information content (AvgIpc) is 2.88. The summed E-state index contributed by atoms with van der Waals surface area (Å²) in [4.78, 5) is 35.5. The third-order valence-electron chi connectivity index (χ3n) is 3.22. The molecular formula is C15H17BrClN3O4S. The number of ether oxygens (including phenoxy) is 1. The van der Waals surface area contributed by atoms with E-state index in [-0.39, 0.29) is 36.0 Å². The molecule has 0 aromatic heterocycles. The summed E-state index contributed by atoms with van der Waals surface area (Å²) >= 11 is 10.3. The zero-order chi connectivity index (χ0) is 18.2. The Balaban J connectivity index is 1.55. The first-order valence-corrected chi connectivity index (χ1v) is 9.69. The lowest BCUT2D eigenvalue weighted by atomic mass is 10.3. The van der Waals surface area contributed by atoms with E-state index in [0.29, 0.717) is 30.3 Å². The normalized spacial score (nSPS) is 13.9. The number of urea groups is 1. The molecule has 0 aliphatic carbocycles. The largest absolute Gasteiger partial charge is 0.492 e. The van der Waals surface area contributed by atoms with E-state index in [1.54, 1.807) is 12.1 Å². The van der Waals surface area contributed by atoms with Gasteiger partial charge in [0.25, 0.3) is 5.24 Å². The molecule has 1 aromatic carbocycles. The first-order chi connectivity index (χ1) is 12.0. The second kappa shape index (κ2) is 9.88. The van der Waals surface area contributed by atoms with Crippen molar-refractivity contribution in [3.05, 3.63) is 27.7 Å². The van der Waals surface area contributed by atoms with Crippen molar-refractivity contribution in [2.24, 2.45) is 0 Å². The van der Waals surface area contributed by atoms with Gasteiger partial charge < -0.3 is 15.4 Å². The molecule has 0 radical (unpaired) electrons. The van der Waals surface area contributed by atoms with E-state index in [9.17, 15) is 14.4 Å². The van der Waals surface area contributed by atoms with E-state index in [4.69, 9.17) is 16.3 Å². The van der Waals surface area contributed by atoms with Gasteiger partial charge in [-0.15, -0.1) is 0 Å². The van der Waals surface area contributed by atoms with Gasteiger partial charge in [-0.3, -0.25) is 14.5 Å². The van der Waals surface area contributed by atoms with Crippen molar-refractivity contribution in [2.75, 3.05) is 32.0 Å². The Hall–Kier alpha value is -1.45. The van der Waals surface area contributed by atoms with Gasteiger partial charge >= 0.3 is 6.03 Å². The van der Waals surface area contributed by atoms with E-state index in [2.05, 4.69) is 26.6 Å². The number of thioether (sulfide) groups is 1. The van der Waals surface area contributed by atoms with Gasteiger partial charge in [-0.25, -0.2) is 4.79 Å². The van der Waals surface area contributed by atoms with Gasteiger partial charge in [-0.1, -0.05) is 39.3 Å². The minimum absolute atomic E-state index is 0.174. The summed E-state index contributed by atoms with van der Waals surface area (Å²) < 4.78 is 6.41. The maximum Gasteiger partial charge on any atom is 0.314 e. The predicted octanol–water partition coefficient (Wildman–Crippen LogP) is 2.87. The summed E-state index contributed by atoms with van der Waals surface area (Å²) in [5.74, 6) is 0.543. The highest BCUT2D eigenvalue weighted by Crippen LogP contribution is 2.27. The molecular weight excluding hydrogens is 434 g/mol. The van der Waals surface area contributed by atoms with Crippen LogP contribution in [0.25, 0.3) is 0 Å². The third kappa shape index (κ3) is 6.41. The van der Waals surface area contributed by atoms with E-state index < -0.39 is 0 Å². The van der Waals surface area contributed by atoms with Gasteiger partial charge in [-0.2, -0.15) is 0 Å². The standard InChI is InChI=1S/C15H17BrClN3O4S/c16-10-2-3-12(11(17)8-10)24-7-1-4-18-14(22)19-5-6-20-13(21)9-25-15(20)23/h2-3,8H,1,4-7,9H2,(H2,18,19,22). The number of carbonyl (C=O) groups excluding carboxylic acids is 3. The molecule has 2 N–H and O–H groups in total. The maximum absolute atomic E-state index is 11.6. The highest BCUT2D eigenvalue weighted by molar-refractivity contribution is 9.10. The van der Waals surface area contributed by atoms with Crippen molar-refractivity contribution in [3.8, 4) is 5.75 Å². The summed E-state index contributed by atoms with van der Waals surface area (Å²) in [5.41, 5.74) is 0. The van der Waals surface area contributed by atoms with Gasteiger partial charge in [0.15, 0.2) is 0 Å². The molecule has 1 aliphatic rings. The van der Waals surface area contributed by atoms with Crippen molar-refractivity contribution >= 4 is 56.5 Å². The lowest BCUT2D eigenvalue weighted by Gasteiger charge is -2.13. The quantitative estimate of drug-likeness (QED) is 0.595. The predicted molar refractivity (Wildman–Crippen MR) is 100 cm³/mol. The number of hydrogen-bond acceptors (Lipinski definition) is 5. The fraction of sp³-hybridized carbons (Fsp3) is 0.400. The Morgan fingerprint density at radius 3 is 2.76 bits per heavy atom. The first kappa shape index (κ1) is 19.9. The zero-order valence-electron chi connectivity index (χ0n) is 13.2. The van der Waals surface area contributed by atoms with E-state index >= 15 is 0 Å². The number of halogens is 2. The first-order valence-electron chi connectivity index (χ1n) is 7.54. The molecule has 0 bridgehead atoms. The molecule has 25 heavy (non-hydrogen) atoms. The van der Waals surface area contributed by atoms with Gasteiger partial charge in [0.2, 0.25) is 5.91 Å². The van der Waals surface area contributed by atoms with Crippen molar-refractivity contribution in [2.45, 2.75) is 6.42 Å². The van der Waals surface area contributed by atoms with Crippen molar-refractivity contribution < 1.29 is 19.1 Å². The summed E-state index contributed by atoms with van der Waals surface area (Å²) in [5, 5.41) is 5.53. The molecule has 0 saturated carbocycles. The summed E-state index contributed by atoms with van der Waals surface area (Å²) in [6.45, 7) is 1.24. The molecule has 1 fully saturated rings. The Kier molecular flexibility index (Phi) is 7.86. The lowest BCUT2D eigenvalue weighted by Crippen LogP contribution is -2.42. The van der Waals surface area contributed by atoms with Crippen molar-refractivity contribution in [3.63, 3.8) is 0 Å². The highest BCUT2D eigenvalue weighted by atomic mass is 79.9. The molecule has 7 nitrogen and oxygen atoms in total. The molecule has 2 rings (SSSR count). The molecule has 0 atom stereocenters. The van der Waals surface area contributed by atoms with Crippen LogP contribution in [0.15, 0.2) is 22.7 Å². The average molecular weight is 451 g/mol. The number of rotatable bonds is 8. The minimum atomic E-state index is -0.353. The number of hydrogen-bond donors (Lipinski definition) is 2. The molecule has 136 valence electrons. The molecule has 1 saturated heterocycles.